The van der Waals surface area contributed by atoms with Crippen LogP contribution in [-0.2, 0) is 10.1 Å². The molecule has 0 aromatic heterocycles. The normalized spacial score (nSPS) is 11.1. The average molecular weight is 246 g/mol. The fourth-order valence-corrected chi connectivity index (χ4v) is 2.18. The van der Waals surface area contributed by atoms with Crippen LogP contribution >= 0.6 is 0 Å². The van der Waals surface area contributed by atoms with Crippen molar-refractivity contribution < 1.29 is 47.6 Å². The minimum absolute atomic E-state index is 0. The molecular formula is C10H7NaO4S. The summed E-state index contributed by atoms with van der Waals surface area (Å²) in [6, 6.07) is 8.49. The fraction of sp³-hybridized carbons (Fsp3) is 0. The molecule has 0 spiro atoms. The molecule has 6 heteroatoms. The number of rotatable bonds is 1. The molecule has 2 aromatic carbocycles. The van der Waals surface area contributed by atoms with Crippen LogP contribution in [0.15, 0.2) is 41.3 Å². The van der Waals surface area contributed by atoms with Crippen LogP contribution in [-0.4, -0.2) is 13.0 Å². The van der Waals surface area contributed by atoms with Crippen LogP contribution in [0.2, 0.25) is 0 Å². The zero-order valence-corrected chi connectivity index (χ0v) is 11.4. The third kappa shape index (κ3) is 2.39. The predicted molar refractivity (Wildman–Crippen MR) is 53.2 cm³/mol. The van der Waals surface area contributed by atoms with Gasteiger partial charge < -0.3 is 5.11 Å². The van der Waals surface area contributed by atoms with Gasteiger partial charge in [-0.2, -0.15) is 8.42 Å². The molecule has 1 N–H and O–H groups in total. The summed E-state index contributed by atoms with van der Waals surface area (Å²) < 4.78 is 31.0. The first-order valence-corrected chi connectivity index (χ1v) is 5.60. The minimum atomic E-state index is -4.29. The van der Waals surface area contributed by atoms with Crippen LogP contribution in [0, 0.1) is 0 Å². The number of benzene rings is 2. The number of hydrogen-bond donors (Lipinski definition) is 1. The Balaban J connectivity index is 0.00000128. The molecule has 0 aliphatic heterocycles. The maximum Gasteiger partial charge on any atom is 1.00 e. The van der Waals surface area contributed by atoms with Crippen LogP contribution in [0.5, 0.6) is 5.75 Å². The molecule has 0 heterocycles. The van der Waals surface area contributed by atoms with Crippen molar-refractivity contribution in [3.8, 4) is 5.75 Å². The van der Waals surface area contributed by atoms with Crippen LogP contribution in [0.3, 0.4) is 0 Å². The molecule has 0 atom stereocenters. The Labute approximate surface area is 115 Å². The van der Waals surface area contributed by atoms with E-state index in [9.17, 15) is 13.5 Å². The third-order valence-electron chi connectivity index (χ3n) is 2.12. The summed E-state index contributed by atoms with van der Waals surface area (Å²) in [5.41, 5.74) is 0. The molecule has 2 rings (SSSR count). The molecule has 0 aliphatic carbocycles. The Bertz CT molecular complexity index is 622. The summed E-state index contributed by atoms with van der Waals surface area (Å²) in [7, 11) is -4.29. The molecular weight excluding hydrogens is 239 g/mol. The summed E-state index contributed by atoms with van der Waals surface area (Å²) in [6.07, 6.45) is 0. The molecule has 78 valence electrons. The Kier molecular flexibility index (Phi) is 3.98. The zero-order valence-electron chi connectivity index (χ0n) is 8.54. The third-order valence-corrected chi connectivity index (χ3v) is 3.03. The average Bonchev–Trinajstić information content (AvgIpc) is 2.16. The molecule has 0 radical (unpaired) electrons. The second-order valence-electron chi connectivity index (χ2n) is 3.08. The van der Waals surface area contributed by atoms with Crippen molar-refractivity contribution in [3.05, 3.63) is 36.4 Å². The van der Waals surface area contributed by atoms with Gasteiger partial charge >= 0.3 is 29.6 Å². The fourth-order valence-electron chi connectivity index (χ4n) is 1.48. The van der Waals surface area contributed by atoms with Crippen molar-refractivity contribution in [2.24, 2.45) is 0 Å². The van der Waals surface area contributed by atoms with Gasteiger partial charge in [-0.25, -0.2) is 0 Å². The van der Waals surface area contributed by atoms with Gasteiger partial charge in [-0.15, -0.1) is 5.75 Å². The van der Waals surface area contributed by atoms with E-state index >= 15 is 0 Å². The van der Waals surface area contributed by atoms with Crippen LogP contribution in [0.4, 0.5) is 0 Å². The molecule has 0 saturated carbocycles. The second kappa shape index (κ2) is 4.73. The molecule has 4 nitrogen and oxygen atoms in total. The van der Waals surface area contributed by atoms with Gasteiger partial charge in [0.15, 0.2) is 0 Å². The van der Waals surface area contributed by atoms with E-state index in [4.69, 9.17) is 4.55 Å². The summed E-state index contributed by atoms with van der Waals surface area (Å²) >= 11 is 0. The Morgan fingerprint density at radius 2 is 1.56 bits per heavy atom. The van der Waals surface area contributed by atoms with Gasteiger partial charge in [0.2, 0.25) is 0 Å². The molecule has 0 amide bonds. The van der Waals surface area contributed by atoms with Gasteiger partial charge in [-0.1, -0.05) is 30.3 Å². The minimum Gasteiger partial charge on any atom is -0.872 e. The summed E-state index contributed by atoms with van der Waals surface area (Å²) in [5.74, 6) is -0.266. The summed E-state index contributed by atoms with van der Waals surface area (Å²) in [6.45, 7) is 0. The Morgan fingerprint density at radius 3 is 2.19 bits per heavy atom. The standard InChI is InChI=1S/C10H8O4S.Na/c11-9-5-1-4-8-7(9)3-2-6-10(8)15(12,13)14;/h1-6,11H,(H,12,13,14);/q;+1/p-1. The smallest absolute Gasteiger partial charge is 0.872 e. The van der Waals surface area contributed by atoms with E-state index in [1.807, 2.05) is 0 Å². The van der Waals surface area contributed by atoms with Crippen molar-refractivity contribution in [2.45, 2.75) is 4.90 Å². The van der Waals surface area contributed by atoms with Gasteiger partial charge in [-0.3, -0.25) is 4.55 Å². The molecule has 0 bridgehead atoms. The van der Waals surface area contributed by atoms with Crippen LogP contribution in [0.1, 0.15) is 0 Å². The Morgan fingerprint density at radius 1 is 1.00 bits per heavy atom. The Hall–Kier alpha value is -0.590. The zero-order chi connectivity index (χ0) is 11.1. The van der Waals surface area contributed by atoms with E-state index in [-0.39, 0.29) is 51.0 Å². The first kappa shape index (κ1) is 13.5. The number of hydrogen-bond acceptors (Lipinski definition) is 3. The van der Waals surface area contributed by atoms with E-state index in [1.54, 1.807) is 0 Å². The predicted octanol–water partition coefficient (Wildman–Crippen LogP) is -1.84. The first-order valence-electron chi connectivity index (χ1n) is 4.16. The molecule has 0 fully saturated rings. The van der Waals surface area contributed by atoms with E-state index in [0.717, 1.165) is 0 Å². The molecule has 0 aliphatic rings. The maximum atomic E-state index is 11.4. The van der Waals surface area contributed by atoms with Crippen LogP contribution in [0.25, 0.3) is 10.8 Å². The van der Waals surface area contributed by atoms with Gasteiger partial charge in [0, 0.05) is 5.39 Å². The second-order valence-corrected chi connectivity index (χ2v) is 4.47. The summed E-state index contributed by atoms with van der Waals surface area (Å²) in [5, 5.41) is 11.9. The molecule has 0 saturated heterocycles. The van der Waals surface area contributed by atoms with Gasteiger partial charge in [0.05, 0.1) is 0 Å². The number of fused-ring (bicyclic) bond motifs is 1. The quantitative estimate of drug-likeness (QED) is 0.474. The molecule has 16 heavy (non-hydrogen) atoms. The van der Waals surface area contributed by atoms with Gasteiger partial charge in [-0.05, 0) is 11.5 Å². The van der Waals surface area contributed by atoms with Crippen molar-refractivity contribution in [1.29, 1.82) is 0 Å². The molecule has 2 aromatic rings. The van der Waals surface area contributed by atoms with Crippen molar-refractivity contribution in [2.75, 3.05) is 0 Å². The van der Waals surface area contributed by atoms with E-state index < -0.39 is 10.1 Å². The first-order chi connectivity index (χ1) is 7.00. The van der Waals surface area contributed by atoms with E-state index in [0.29, 0.717) is 0 Å². The molecule has 0 unspecified atom stereocenters. The van der Waals surface area contributed by atoms with Crippen molar-refractivity contribution in [1.82, 2.24) is 0 Å². The monoisotopic (exact) mass is 246 g/mol. The van der Waals surface area contributed by atoms with Gasteiger partial charge in [0.1, 0.15) is 4.90 Å². The largest absolute Gasteiger partial charge is 1.00 e. The van der Waals surface area contributed by atoms with Gasteiger partial charge in [0.25, 0.3) is 10.1 Å². The van der Waals surface area contributed by atoms with E-state index in [2.05, 4.69) is 0 Å². The van der Waals surface area contributed by atoms with Crippen LogP contribution < -0.4 is 34.7 Å². The van der Waals surface area contributed by atoms with Crippen molar-refractivity contribution in [3.63, 3.8) is 0 Å². The SMILES string of the molecule is O=S(=O)(O)c1cccc2c([O-])cccc12.[Na+]. The van der Waals surface area contributed by atoms with E-state index in [1.165, 1.54) is 36.4 Å². The summed E-state index contributed by atoms with van der Waals surface area (Å²) in [4.78, 5) is -0.238. The maximum absolute atomic E-state index is 11.4. The topological polar surface area (TPSA) is 77.4 Å². The van der Waals surface area contributed by atoms with Crippen molar-refractivity contribution >= 4 is 20.9 Å².